The van der Waals surface area contributed by atoms with E-state index in [1.807, 2.05) is 6.92 Å². The van der Waals surface area contributed by atoms with Gasteiger partial charge in [-0.2, -0.15) is 0 Å². The summed E-state index contributed by atoms with van der Waals surface area (Å²) in [4.78, 5) is 26.9. The smallest absolute Gasteiger partial charge is 0.242 e. The number of amides is 2. The number of piperazine rings is 1. The maximum atomic E-state index is 11.9. The van der Waals surface area contributed by atoms with Crippen molar-refractivity contribution < 1.29 is 9.59 Å². The third kappa shape index (κ3) is 5.19. The first-order chi connectivity index (χ1) is 9.08. The predicted octanol–water partition coefficient (Wildman–Crippen LogP) is 0.845. The largest absolute Gasteiger partial charge is 0.332 e. The molecule has 1 N–H and O–H groups in total. The summed E-state index contributed by atoms with van der Waals surface area (Å²) < 4.78 is 0. The molecule has 0 aliphatic carbocycles. The zero-order chi connectivity index (χ0) is 14.3. The molecule has 110 valence electrons. The van der Waals surface area contributed by atoms with E-state index in [9.17, 15) is 9.59 Å². The number of hydrogen-bond donors (Lipinski definition) is 1. The van der Waals surface area contributed by atoms with E-state index in [4.69, 9.17) is 0 Å². The van der Waals surface area contributed by atoms with E-state index in [1.54, 1.807) is 9.80 Å². The lowest BCUT2D eigenvalue weighted by Crippen LogP contribution is -2.53. The van der Waals surface area contributed by atoms with Gasteiger partial charge in [0.15, 0.2) is 0 Å². The normalized spacial score (nSPS) is 18.1. The first-order valence-electron chi connectivity index (χ1n) is 7.37. The van der Waals surface area contributed by atoms with Crippen molar-refractivity contribution in [3.05, 3.63) is 0 Å². The molecule has 0 aromatic carbocycles. The number of carbonyl (C=O) groups is 2. The number of unbranched alkanes of at least 4 members (excludes halogenated alkanes) is 1. The van der Waals surface area contributed by atoms with Crippen molar-refractivity contribution in [1.29, 1.82) is 0 Å². The minimum Gasteiger partial charge on any atom is -0.332 e. The van der Waals surface area contributed by atoms with Gasteiger partial charge in [-0.1, -0.05) is 13.3 Å². The summed E-state index contributed by atoms with van der Waals surface area (Å²) in [7, 11) is 0. The molecule has 0 saturated carbocycles. The molecule has 1 fully saturated rings. The number of nitrogens with one attached hydrogen (secondary N) is 1. The molecule has 1 atom stereocenters. The highest BCUT2D eigenvalue weighted by Gasteiger charge is 2.28. The van der Waals surface area contributed by atoms with Crippen LogP contribution in [0.1, 0.15) is 40.0 Å². The van der Waals surface area contributed by atoms with Gasteiger partial charge in [0.1, 0.15) is 0 Å². The molecular weight excluding hydrogens is 242 g/mol. The van der Waals surface area contributed by atoms with Gasteiger partial charge in [-0.15, -0.1) is 0 Å². The zero-order valence-corrected chi connectivity index (χ0v) is 12.4. The van der Waals surface area contributed by atoms with Gasteiger partial charge in [-0.3, -0.25) is 9.59 Å². The van der Waals surface area contributed by atoms with E-state index in [1.165, 1.54) is 0 Å². The molecule has 1 aliphatic rings. The minimum absolute atomic E-state index is 0.0723. The first-order valence-corrected chi connectivity index (χ1v) is 7.37. The van der Waals surface area contributed by atoms with E-state index in [0.717, 1.165) is 25.8 Å². The Morgan fingerprint density at radius 1 is 1.11 bits per heavy atom. The quantitative estimate of drug-likeness (QED) is 0.665. The maximum absolute atomic E-state index is 11.9. The maximum Gasteiger partial charge on any atom is 0.242 e. The lowest BCUT2D eigenvalue weighted by molar-refractivity contribution is -0.149. The molecule has 0 bridgehead atoms. The van der Waals surface area contributed by atoms with Gasteiger partial charge in [0.25, 0.3) is 0 Å². The Morgan fingerprint density at radius 2 is 1.74 bits per heavy atom. The van der Waals surface area contributed by atoms with E-state index in [2.05, 4.69) is 19.2 Å². The number of nitrogens with zero attached hydrogens (tertiary/aromatic N) is 2. The van der Waals surface area contributed by atoms with Crippen LogP contribution < -0.4 is 5.32 Å². The van der Waals surface area contributed by atoms with Gasteiger partial charge in [-0.25, -0.2) is 0 Å². The van der Waals surface area contributed by atoms with Crippen LogP contribution in [-0.4, -0.2) is 60.4 Å². The Hall–Kier alpha value is -1.10. The van der Waals surface area contributed by atoms with Crippen molar-refractivity contribution in [2.45, 2.75) is 46.1 Å². The van der Waals surface area contributed by atoms with Crippen LogP contribution in [0.2, 0.25) is 0 Å². The zero-order valence-electron chi connectivity index (χ0n) is 12.4. The summed E-state index contributed by atoms with van der Waals surface area (Å²) in [6, 6.07) is 0.527. The van der Waals surface area contributed by atoms with Crippen LogP contribution in [0.25, 0.3) is 0 Å². The van der Waals surface area contributed by atoms with Crippen molar-refractivity contribution in [1.82, 2.24) is 15.1 Å². The summed E-state index contributed by atoms with van der Waals surface area (Å²) in [5.74, 6) is 0.157. The topological polar surface area (TPSA) is 52.7 Å². The van der Waals surface area contributed by atoms with E-state index >= 15 is 0 Å². The van der Waals surface area contributed by atoms with E-state index in [-0.39, 0.29) is 24.9 Å². The van der Waals surface area contributed by atoms with Crippen LogP contribution in [0.15, 0.2) is 0 Å². The Morgan fingerprint density at radius 3 is 2.37 bits per heavy atom. The molecule has 1 rings (SSSR count). The van der Waals surface area contributed by atoms with E-state index < -0.39 is 0 Å². The van der Waals surface area contributed by atoms with Gasteiger partial charge < -0.3 is 15.1 Å². The molecular formula is C14H27N3O2. The molecule has 1 aliphatic heterocycles. The molecule has 1 saturated heterocycles. The van der Waals surface area contributed by atoms with Gasteiger partial charge in [0.2, 0.25) is 11.8 Å². The highest BCUT2D eigenvalue weighted by atomic mass is 16.2. The third-order valence-electron chi connectivity index (χ3n) is 3.61. The van der Waals surface area contributed by atoms with Crippen LogP contribution in [0, 0.1) is 0 Å². The second-order valence-corrected chi connectivity index (χ2v) is 5.18. The molecule has 0 aromatic heterocycles. The Bertz CT molecular complexity index is 307. The molecule has 0 aromatic rings. The molecule has 0 spiro atoms. The number of hydrogen-bond acceptors (Lipinski definition) is 3. The summed E-state index contributed by atoms with van der Waals surface area (Å²) in [5, 5.41) is 3.37. The van der Waals surface area contributed by atoms with Gasteiger partial charge in [-0.05, 0) is 33.2 Å². The Balaban J connectivity index is 2.23. The van der Waals surface area contributed by atoms with Crippen molar-refractivity contribution in [3.63, 3.8) is 0 Å². The fourth-order valence-electron chi connectivity index (χ4n) is 2.40. The summed E-state index contributed by atoms with van der Waals surface area (Å²) in [6.07, 6.45) is 3.18. The number of likely N-dealkylation sites (N-methyl/N-ethyl adjacent to an activating group) is 1. The molecule has 2 amide bonds. The molecule has 0 radical (unpaired) electrons. The SMILES string of the molecule is CCNC(C)CCCCN1CC(=O)N(CC)CC1=O. The van der Waals surface area contributed by atoms with Gasteiger partial charge >= 0.3 is 0 Å². The summed E-state index contributed by atoms with van der Waals surface area (Å²) in [5.41, 5.74) is 0. The van der Waals surface area contributed by atoms with Gasteiger partial charge in [0.05, 0.1) is 13.1 Å². The fourth-order valence-corrected chi connectivity index (χ4v) is 2.40. The number of rotatable bonds is 8. The van der Waals surface area contributed by atoms with Crippen LogP contribution in [0.4, 0.5) is 0 Å². The third-order valence-corrected chi connectivity index (χ3v) is 3.61. The fraction of sp³-hybridized carbons (Fsp3) is 0.857. The van der Waals surface area contributed by atoms with Crippen LogP contribution in [0.5, 0.6) is 0 Å². The van der Waals surface area contributed by atoms with Crippen LogP contribution in [0.3, 0.4) is 0 Å². The van der Waals surface area contributed by atoms with Crippen molar-refractivity contribution >= 4 is 11.8 Å². The van der Waals surface area contributed by atoms with Crippen molar-refractivity contribution in [2.75, 3.05) is 32.7 Å². The van der Waals surface area contributed by atoms with Crippen LogP contribution in [-0.2, 0) is 9.59 Å². The molecule has 1 heterocycles. The highest BCUT2D eigenvalue weighted by Crippen LogP contribution is 2.08. The van der Waals surface area contributed by atoms with Gasteiger partial charge in [0, 0.05) is 19.1 Å². The molecule has 5 heteroatoms. The first kappa shape index (κ1) is 16.0. The lowest BCUT2D eigenvalue weighted by atomic mass is 10.1. The second-order valence-electron chi connectivity index (χ2n) is 5.18. The Labute approximate surface area is 116 Å². The molecule has 1 unspecified atom stereocenters. The second kappa shape index (κ2) is 8.15. The lowest BCUT2D eigenvalue weighted by Gasteiger charge is -2.33. The molecule has 5 nitrogen and oxygen atoms in total. The summed E-state index contributed by atoms with van der Waals surface area (Å²) in [6.45, 7) is 9.03. The standard InChI is InChI=1S/C14H27N3O2/c1-4-15-12(3)8-6-7-9-17-11-13(18)16(5-2)10-14(17)19/h12,15H,4-11H2,1-3H3. The predicted molar refractivity (Wildman–Crippen MR) is 75.8 cm³/mol. The van der Waals surface area contributed by atoms with Crippen molar-refractivity contribution in [3.8, 4) is 0 Å². The highest BCUT2D eigenvalue weighted by molar-refractivity contribution is 5.92. The van der Waals surface area contributed by atoms with E-state index in [0.29, 0.717) is 19.1 Å². The summed E-state index contributed by atoms with van der Waals surface area (Å²) >= 11 is 0. The molecule has 19 heavy (non-hydrogen) atoms. The number of carbonyl (C=O) groups excluding carboxylic acids is 2. The average Bonchev–Trinajstić information content (AvgIpc) is 2.38. The minimum atomic E-state index is 0.0723. The van der Waals surface area contributed by atoms with Crippen LogP contribution >= 0.6 is 0 Å². The monoisotopic (exact) mass is 269 g/mol. The van der Waals surface area contributed by atoms with Crippen molar-refractivity contribution in [2.24, 2.45) is 0 Å². The average molecular weight is 269 g/mol. The Kier molecular flexibility index (Phi) is 6.84.